The lowest BCUT2D eigenvalue weighted by Crippen LogP contribution is -2.03. The van der Waals surface area contributed by atoms with Crippen LogP contribution in [0.1, 0.15) is 0 Å². The number of nitrogens with zero attached hydrogens (tertiary/aromatic N) is 3. The van der Waals surface area contributed by atoms with Crippen LogP contribution in [0, 0.1) is 0 Å². The average Bonchev–Trinajstić information content (AvgIpc) is 3.85. The van der Waals surface area contributed by atoms with Gasteiger partial charge in [0.15, 0.2) is 5.58 Å². The molecule has 4 heterocycles. The summed E-state index contributed by atoms with van der Waals surface area (Å²) in [7, 11) is 0. The van der Waals surface area contributed by atoms with Gasteiger partial charge in [0.25, 0.3) is 0 Å². The Morgan fingerprint density at radius 3 is 2.02 bits per heavy atom. The topological polar surface area (TPSA) is 43.9 Å². The van der Waals surface area contributed by atoms with Crippen molar-refractivity contribution in [1.29, 1.82) is 0 Å². The molecule has 0 atom stereocenters. The van der Waals surface area contributed by atoms with E-state index in [1.807, 2.05) is 35.6 Å². The zero-order chi connectivity index (χ0) is 32.1. The first-order valence-corrected chi connectivity index (χ1v) is 17.2. The third-order valence-corrected chi connectivity index (χ3v) is 11.0. The van der Waals surface area contributed by atoms with Crippen LogP contribution in [0.4, 0.5) is 0 Å². The lowest BCUT2D eigenvalue weighted by Gasteiger charge is -2.11. The Hall–Kier alpha value is -6.30. The van der Waals surface area contributed by atoms with Gasteiger partial charge in [-0.2, -0.15) is 0 Å². The summed E-state index contributed by atoms with van der Waals surface area (Å²) in [6, 6.07) is 53.4. The fourth-order valence-corrected chi connectivity index (χ4v) is 8.94. The van der Waals surface area contributed by atoms with E-state index in [9.17, 15) is 0 Å². The molecular formula is C44H25N3OS. The molecule has 0 fully saturated rings. The smallest absolute Gasteiger partial charge is 0.236 e. The SMILES string of the molecule is c1ccc(-c2cccc(-c3nc(-n4c5ccccc5c5c6ccccc6c6c7ccccc7sc6c54)nc4c3oc3ccccc34)c2)cc1. The molecule has 0 unspecified atom stereocenters. The number of hydrogen-bond donors (Lipinski definition) is 0. The second-order valence-corrected chi connectivity index (χ2v) is 13.6. The highest BCUT2D eigenvalue weighted by Gasteiger charge is 2.25. The molecule has 49 heavy (non-hydrogen) atoms. The highest BCUT2D eigenvalue weighted by atomic mass is 32.1. The Bertz CT molecular complexity index is 3110. The van der Waals surface area contributed by atoms with Crippen LogP contribution in [0.5, 0.6) is 0 Å². The van der Waals surface area contributed by atoms with E-state index >= 15 is 0 Å². The molecular weight excluding hydrogens is 619 g/mol. The normalized spacial score (nSPS) is 12.1. The zero-order valence-corrected chi connectivity index (χ0v) is 26.9. The Labute approximate surface area is 284 Å². The predicted molar refractivity (Wildman–Crippen MR) is 205 cm³/mol. The molecule has 0 aliphatic carbocycles. The summed E-state index contributed by atoms with van der Waals surface area (Å²) in [5.41, 5.74) is 8.52. The van der Waals surface area contributed by atoms with Crippen molar-refractivity contribution in [1.82, 2.24) is 14.5 Å². The Balaban J connectivity index is 1.32. The summed E-state index contributed by atoms with van der Waals surface area (Å²) in [5, 5.41) is 8.42. The second-order valence-electron chi connectivity index (χ2n) is 12.5. The van der Waals surface area contributed by atoms with Gasteiger partial charge in [0.2, 0.25) is 5.95 Å². The lowest BCUT2D eigenvalue weighted by atomic mass is 9.99. The molecule has 4 aromatic heterocycles. The molecule has 4 nitrogen and oxygen atoms in total. The van der Waals surface area contributed by atoms with Gasteiger partial charge in [-0.05, 0) is 52.2 Å². The van der Waals surface area contributed by atoms with Gasteiger partial charge in [0.1, 0.15) is 16.8 Å². The summed E-state index contributed by atoms with van der Waals surface area (Å²) < 4.78 is 11.4. The van der Waals surface area contributed by atoms with Gasteiger partial charge in [-0.1, -0.05) is 121 Å². The second kappa shape index (κ2) is 10.1. The van der Waals surface area contributed by atoms with Crippen molar-refractivity contribution < 1.29 is 4.42 Å². The first kappa shape index (κ1) is 26.7. The van der Waals surface area contributed by atoms with E-state index in [0.29, 0.717) is 11.5 Å². The first-order valence-electron chi connectivity index (χ1n) is 16.4. The summed E-state index contributed by atoms with van der Waals surface area (Å²) in [6.45, 7) is 0. The molecule has 0 spiro atoms. The molecule has 0 aliphatic rings. The standard InChI is InChI=1S/C44H25N3OS/c1-2-13-26(14-3-1)27-15-12-16-28(25-27)39-42-40(32-20-7-10-23-35(32)48-42)46-44(45-39)47-34-22-9-6-19-31(34)37-29-17-4-5-18-30(29)38-33-21-8-11-24-36(33)49-43(38)41(37)47/h1-25H. The Morgan fingerprint density at radius 2 is 1.16 bits per heavy atom. The van der Waals surface area contributed by atoms with E-state index in [1.165, 1.54) is 41.7 Å². The van der Waals surface area contributed by atoms with Crippen molar-refractivity contribution in [2.45, 2.75) is 0 Å². The molecule has 0 radical (unpaired) electrons. The maximum absolute atomic E-state index is 6.57. The molecule has 0 amide bonds. The van der Waals surface area contributed by atoms with E-state index in [0.717, 1.165) is 49.9 Å². The third kappa shape index (κ3) is 3.79. The van der Waals surface area contributed by atoms with E-state index in [2.05, 4.69) is 132 Å². The van der Waals surface area contributed by atoms with Gasteiger partial charge in [0.05, 0.1) is 15.7 Å². The van der Waals surface area contributed by atoms with Crippen LogP contribution < -0.4 is 0 Å². The summed E-state index contributed by atoms with van der Waals surface area (Å²) >= 11 is 1.84. The Morgan fingerprint density at radius 1 is 0.510 bits per heavy atom. The molecule has 11 aromatic rings. The summed E-state index contributed by atoms with van der Waals surface area (Å²) in [4.78, 5) is 10.8. The van der Waals surface area contributed by atoms with Crippen LogP contribution in [0.15, 0.2) is 156 Å². The molecule has 0 saturated carbocycles. The lowest BCUT2D eigenvalue weighted by molar-refractivity contribution is 0.666. The van der Waals surface area contributed by atoms with Crippen molar-refractivity contribution in [3.8, 4) is 28.3 Å². The van der Waals surface area contributed by atoms with Crippen LogP contribution in [0.25, 0.3) is 103 Å². The monoisotopic (exact) mass is 643 g/mol. The molecule has 0 aliphatic heterocycles. The maximum atomic E-state index is 6.57. The number of hydrogen-bond acceptors (Lipinski definition) is 4. The largest absolute Gasteiger partial charge is 0.452 e. The molecule has 0 saturated heterocycles. The van der Waals surface area contributed by atoms with Crippen molar-refractivity contribution >= 4 is 86.2 Å². The van der Waals surface area contributed by atoms with Crippen molar-refractivity contribution in [2.75, 3.05) is 0 Å². The fourth-order valence-electron chi connectivity index (χ4n) is 7.69. The summed E-state index contributed by atoms with van der Waals surface area (Å²) in [6.07, 6.45) is 0. The van der Waals surface area contributed by atoms with Gasteiger partial charge in [0, 0.05) is 37.2 Å². The number of fused-ring (bicyclic) bond motifs is 13. The highest BCUT2D eigenvalue weighted by Crippen LogP contribution is 2.48. The molecule has 0 N–H and O–H groups in total. The van der Waals surface area contributed by atoms with Crippen molar-refractivity contribution in [2.24, 2.45) is 0 Å². The van der Waals surface area contributed by atoms with E-state index < -0.39 is 0 Å². The number of para-hydroxylation sites is 2. The van der Waals surface area contributed by atoms with E-state index in [1.54, 1.807) is 0 Å². The molecule has 228 valence electrons. The highest BCUT2D eigenvalue weighted by molar-refractivity contribution is 7.27. The van der Waals surface area contributed by atoms with Gasteiger partial charge >= 0.3 is 0 Å². The third-order valence-electron chi connectivity index (χ3n) is 9.80. The molecule has 11 rings (SSSR count). The minimum atomic E-state index is 0.624. The molecule has 7 aromatic carbocycles. The quantitative estimate of drug-likeness (QED) is 0.192. The van der Waals surface area contributed by atoms with Gasteiger partial charge in [-0.25, -0.2) is 9.97 Å². The zero-order valence-electron chi connectivity index (χ0n) is 26.1. The Kier molecular flexibility index (Phi) is 5.51. The van der Waals surface area contributed by atoms with Crippen LogP contribution >= 0.6 is 11.3 Å². The van der Waals surface area contributed by atoms with E-state index in [-0.39, 0.29) is 0 Å². The van der Waals surface area contributed by atoms with Gasteiger partial charge in [-0.3, -0.25) is 4.57 Å². The van der Waals surface area contributed by atoms with Crippen molar-refractivity contribution in [3.63, 3.8) is 0 Å². The molecule has 0 bridgehead atoms. The van der Waals surface area contributed by atoms with E-state index in [4.69, 9.17) is 14.4 Å². The number of thiophene rings is 1. The number of benzene rings is 7. The van der Waals surface area contributed by atoms with Crippen LogP contribution in [-0.2, 0) is 0 Å². The number of aromatic nitrogens is 3. The molecule has 5 heteroatoms. The van der Waals surface area contributed by atoms with Crippen LogP contribution in [-0.4, -0.2) is 14.5 Å². The van der Waals surface area contributed by atoms with Gasteiger partial charge < -0.3 is 4.42 Å². The predicted octanol–water partition coefficient (Wildman–Crippen LogP) is 12.3. The summed E-state index contributed by atoms with van der Waals surface area (Å²) in [5.74, 6) is 0.624. The van der Waals surface area contributed by atoms with Gasteiger partial charge in [-0.15, -0.1) is 11.3 Å². The minimum Gasteiger partial charge on any atom is -0.452 e. The average molecular weight is 644 g/mol. The fraction of sp³-hybridized carbons (Fsp3) is 0. The van der Waals surface area contributed by atoms with Crippen LogP contribution in [0.2, 0.25) is 0 Å². The number of rotatable bonds is 3. The number of furan rings is 1. The first-order chi connectivity index (χ1) is 24.3. The van der Waals surface area contributed by atoms with Crippen LogP contribution in [0.3, 0.4) is 0 Å². The van der Waals surface area contributed by atoms with Crippen molar-refractivity contribution in [3.05, 3.63) is 152 Å². The maximum Gasteiger partial charge on any atom is 0.236 e. The minimum absolute atomic E-state index is 0.624.